The Kier molecular flexibility index (Phi) is 1.03. The number of hydrogen-bond donors (Lipinski definition) is 0. The van der Waals surface area contributed by atoms with Crippen molar-refractivity contribution in [2.24, 2.45) is 0 Å². The van der Waals surface area contributed by atoms with Gasteiger partial charge in [0.25, 0.3) is 0 Å². The molecular formula is C4H16Si8. The first-order valence-electron chi connectivity index (χ1n) is 5.93. The highest BCUT2D eigenvalue weighted by atomic mass is 31.1. The lowest BCUT2D eigenvalue weighted by Crippen LogP contribution is -3.42. The normalized spacial score (nSPS) is 82.2. The molecule has 0 aromatic heterocycles. The number of rotatable bonds is 3. The smallest absolute Gasteiger partial charge is 0.00947 e. The molecule has 6 heterocycles. The molecule has 0 aromatic rings. The van der Waals surface area contributed by atoms with Gasteiger partial charge in [-0.15, -0.1) is 0 Å². The second-order valence-electron chi connectivity index (χ2n) is 6.10. The van der Waals surface area contributed by atoms with Crippen LogP contribution in [0.5, 0.6) is 0 Å². The maximum Gasteiger partial charge on any atom is 0.00947 e. The highest BCUT2D eigenvalue weighted by molar-refractivity contribution is 8.78. The maximum absolute atomic E-state index is 2.46. The van der Waals surface area contributed by atoms with E-state index in [4.69, 9.17) is 0 Å². The van der Waals surface area contributed by atoms with Gasteiger partial charge in [0.15, 0.2) is 0 Å². The summed E-state index contributed by atoms with van der Waals surface area (Å²) in [6.45, 7) is 2.67. The Labute approximate surface area is 83.5 Å². The van der Waals surface area contributed by atoms with Crippen LogP contribution in [0.3, 0.4) is 0 Å². The van der Waals surface area contributed by atoms with Crippen LogP contribution in [0.4, 0.5) is 0 Å². The van der Waals surface area contributed by atoms with E-state index in [0.717, 1.165) is 0 Å². The van der Waals surface area contributed by atoms with Gasteiger partial charge in [0, 0.05) is 6.63 Å². The molecule has 0 spiro atoms. The highest BCUT2D eigenvalue weighted by Gasteiger charge is 3.05. The summed E-state index contributed by atoms with van der Waals surface area (Å²) >= 11 is 0. The van der Waals surface area contributed by atoms with Crippen LogP contribution in [0.15, 0.2) is 0 Å². The van der Waals surface area contributed by atoms with Gasteiger partial charge in [0.05, 0.1) is 0 Å². The quantitative estimate of drug-likeness (QED) is 0.481. The highest BCUT2D eigenvalue weighted by Crippen LogP contribution is 2.70. The lowest BCUT2D eigenvalue weighted by atomic mass is 10.4. The zero-order valence-electron chi connectivity index (χ0n) is 7.66. The summed E-state index contributed by atoms with van der Waals surface area (Å²) in [6.07, 6.45) is 3.36. The standard InChI is InChI=1S/C4H16Si8/c1-2-3-4-12-9-6-5-7(9)11(12)8(5)10(6)12/h5-11H,2-4H2,1H3. The third-order valence-electron chi connectivity index (χ3n) is 6.65. The average molecular weight is 289 g/mol. The second kappa shape index (κ2) is 1.74. The van der Waals surface area contributed by atoms with E-state index in [1.807, 2.05) is 0 Å². The van der Waals surface area contributed by atoms with Crippen LogP contribution in [0, 0.1) is 0 Å². The van der Waals surface area contributed by atoms with E-state index in [-0.39, 0.29) is 6.63 Å². The van der Waals surface area contributed by atoms with Crippen molar-refractivity contribution in [1.82, 2.24) is 0 Å². The summed E-state index contributed by atoms with van der Waals surface area (Å²) in [4.78, 5) is 0. The van der Waals surface area contributed by atoms with Gasteiger partial charge in [-0.2, -0.15) is 0 Å². The summed E-state index contributed by atoms with van der Waals surface area (Å²) in [7, 11) is 4.54. The van der Waals surface area contributed by atoms with Gasteiger partial charge in [0.2, 0.25) is 0 Å². The molecule has 6 aliphatic rings. The van der Waals surface area contributed by atoms with Crippen molar-refractivity contribution in [3.05, 3.63) is 0 Å². The predicted molar refractivity (Wildman–Crippen MR) is 75.5 cm³/mol. The predicted octanol–water partition coefficient (Wildman–Crippen LogP) is -3.17. The van der Waals surface area contributed by atoms with Crippen molar-refractivity contribution in [2.45, 2.75) is 25.8 Å². The first-order chi connectivity index (χ1) is 5.93. The fraction of sp³-hybridized carbons (Fsp3) is 1.00. The lowest BCUT2D eigenvalue weighted by molar-refractivity contribution is 0.878. The van der Waals surface area contributed by atoms with Crippen molar-refractivity contribution in [3.8, 4) is 0 Å². The van der Waals surface area contributed by atoms with Crippen molar-refractivity contribution in [3.63, 3.8) is 0 Å². The molecule has 0 saturated carbocycles. The summed E-state index contributed by atoms with van der Waals surface area (Å²) < 4.78 is 0. The molecule has 0 aromatic carbocycles. The third-order valence-corrected chi connectivity index (χ3v) is 427. The van der Waals surface area contributed by atoms with Crippen LogP contribution in [0.1, 0.15) is 19.8 Å². The van der Waals surface area contributed by atoms with E-state index in [1.54, 1.807) is 12.8 Å². The first kappa shape index (κ1) is 7.08. The van der Waals surface area contributed by atoms with Crippen LogP contribution in [-0.2, 0) is 0 Å². The Morgan fingerprint density at radius 2 is 1.50 bits per heavy atom. The fourth-order valence-corrected chi connectivity index (χ4v) is 1160. The molecule has 64 valence electrons. The van der Waals surface area contributed by atoms with Crippen molar-refractivity contribution in [1.29, 1.82) is 0 Å². The van der Waals surface area contributed by atoms with Crippen LogP contribution >= 0.6 is 0 Å². The molecule has 0 radical (unpaired) electrons. The van der Waals surface area contributed by atoms with Crippen LogP contribution in [0.25, 0.3) is 0 Å². The van der Waals surface area contributed by atoms with Gasteiger partial charge in [-0.1, -0.05) is 25.8 Å². The Morgan fingerprint density at radius 1 is 0.917 bits per heavy atom. The summed E-state index contributed by atoms with van der Waals surface area (Å²) in [5, 5.41) is 0. The average Bonchev–Trinajstić information content (AvgIpc) is 2.15. The van der Waals surface area contributed by atoms with Crippen LogP contribution < -0.4 is 0 Å². The Bertz CT molecular complexity index is 251. The third kappa shape index (κ3) is 0.367. The number of hydrogen-bond acceptors (Lipinski definition) is 0. The molecule has 12 heavy (non-hydrogen) atoms. The molecule has 6 rings (SSSR count). The van der Waals surface area contributed by atoms with Gasteiger partial charge in [-0.05, 0) is 51.4 Å². The second-order valence-corrected chi connectivity index (χ2v) is 126. The van der Waals surface area contributed by atoms with Gasteiger partial charge in [-0.25, -0.2) is 0 Å². The minimum absolute atomic E-state index is 0.205. The molecule has 0 aliphatic carbocycles. The molecule has 0 unspecified atom stereocenters. The van der Waals surface area contributed by atoms with E-state index < -0.39 is 0 Å². The molecular weight excluding hydrogens is 273 g/mol. The Balaban J connectivity index is 1.50. The lowest BCUT2D eigenvalue weighted by Gasteiger charge is -3.05. The molecule has 0 nitrogen and oxygen atoms in total. The van der Waals surface area contributed by atoms with Crippen molar-refractivity contribution >= 4 is 58.1 Å². The van der Waals surface area contributed by atoms with E-state index in [2.05, 4.69) is 13.0 Å². The Morgan fingerprint density at radius 3 is 2.00 bits per heavy atom. The van der Waals surface area contributed by atoms with Gasteiger partial charge < -0.3 is 0 Å². The minimum Gasteiger partial charge on any atom is -0.0654 e. The van der Waals surface area contributed by atoms with E-state index in [0.29, 0.717) is 51.4 Å². The van der Waals surface area contributed by atoms with Crippen LogP contribution in [0.2, 0.25) is 6.04 Å². The molecule has 8 heteroatoms. The summed E-state index contributed by atoms with van der Waals surface area (Å²) in [5.74, 6) is 0. The van der Waals surface area contributed by atoms with Gasteiger partial charge in [0.1, 0.15) is 0 Å². The molecule has 6 fully saturated rings. The van der Waals surface area contributed by atoms with E-state index >= 15 is 0 Å². The largest absolute Gasteiger partial charge is 0.0654 e. The number of unbranched alkanes of at least 4 members (excludes halogenated alkanes) is 1. The van der Waals surface area contributed by atoms with E-state index in [1.165, 1.54) is 0 Å². The minimum atomic E-state index is 0.205. The fourth-order valence-electron chi connectivity index (χ4n) is 6.65. The van der Waals surface area contributed by atoms with Crippen LogP contribution in [-0.4, -0.2) is 58.1 Å². The molecule has 0 amide bonds. The van der Waals surface area contributed by atoms with Crippen molar-refractivity contribution in [2.75, 3.05) is 0 Å². The molecule has 0 bridgehead atoms. The van der Waals surface area contributed by atoms with E-state index in [9.17, 15) is 0 Å². The molecule has 6 saturated heterocycles. The topological polar surface area (TPSA) is 0 Å². The SMILES string of the molecule is CCCC[Si]12[SiH]3[SiH]4[SiH]5[SiH]3[SiH]1[SiH]5[SiH]42. The van der Waals surface area contributed by atoms with Gasteiger partial charge >= 0.3 is 0 Å². The zero-order chi connectivity index (χ0) is 7.66. The summed E-state index contributed by atoms with van der Waals surface area (Å²) in [6, 6.07) is 2.08. The molecule has 0 atom stereocenters. The van der Waals surface area contributed by atoms with Crippen molar-refractivity contribution < 1.29 is 0 Å². The first-order valence-corrected chi connectivity index (χ1v) is 37.6. The molecule has 0 N–H and O–H groups in total. The Hall–Kier alpha value is 1.74. The summed E-state index contributed by atoms with van der Waals surface area (Å²) in [5.41, 5.74) is 0. The molecule has 6 aliphatic heterocycles. The monoisotopic (exact) mass is 288 g/mol. The maximum atomic E-state index is 2.46. The van der Waals surface area contributed by atoms with Gasteiger partial charge in [-0.3, -0.25) is 0 Å². The zero-order valence-corrected chi connectivity index (χ0v) is 16.7.